The van der Waals surface area contributed by atoms with Crippen molar-refractivity contribution >= 4 is 11.5 Å². The second-order valence-electron chi connectivity index (χ2n) is 3.53. The first-order valence-electron chi connectivity index (χ1n) is 4.87. The first-order chi connectivity index (χ1) is 7.33. The number of nitrogen functional groups attached to an aromatic ring is 1. The third-order valence-corrected chi connectivity index (χ3v) is 2.21. The van der Waals surface area contributed by atoms with Crippen molar-refractivity contribution in [3.8, 4) is 0 Å². The molecule has 0 saturated heterocycles. The molecule has 0 spiro atoms. The largest absolute Gasteiger partial charge is 0.405 e. The van der Waals surface area contributed by atoms with E-state index in [9.17, 15) is 13.2 Å². The van der Waals surface area contributed by atoms with Crippen molar-refractivity contribution in [3.05, 3.63) is 17.8 Å². The van der Waals surface area contributed by atoms with Crippen LogP contribution in [0, 0.1) is 6.92 Å². The number of nitrogens with two attached hydrogens (primary N) is 1. The van der Waals surface area contributed by atoms with Crippen LogP contribution in [0.25, 0.3) is 0 Å². The van der Waals surface area contributed by atoms with E-state index in [4.69, 9.17) is 5.73 Å². The van der Waals surface area contributed by atoms with Gasteiger partial charge in [0, 0.05) is 24.5 Å². The van der Waals surface area contributed by atoms with Gasteiger partial charge in [-0.1, -0.05) is 0 Å². The van der Waals surface area contributed by atoms with Crippen molar-refractivity contribution in [2.75, 3.05) is 23.7 Å². The summed E-state index contributed by atoms with van der Waals surface area (Å²) in [5.74, 6) is 0.253. The molecule has 0 bridgehead atoms. The maximum Gasteiger partial charge on any atom is 0.405 e. The van der Waals surface area contributed by atoms with E-state index < -0.39 is 12.7 Å². The van der Waals surface area contributed by atoms with E-state index in [1.54, 1.807) is 13.8 Å². The summed E-state index contributed by atoms with van der Waals surface area (Å²) in [6.07, 6.45) is -2.76. The van der Waals surface area contributed by atoms with Gasteiger partial charge in [0.25, 0.3) is 0 Å². The molecule has 0 aliphatic heterocycles. The molecule has 16 heavy (non-hydrogen) atoms. The second kappa shape index (κ2) is 4.59. The van der Waals surface area contributed by atoms with Gasteiger partial charge in [0.15, 0.2) is 0 Å². The highest BCUT2D eigenvalue weighted by atomic mass is 19.4. The number of hydrogen-bond acceptors (Lipinski definition) is 3. The minimum Gasteiger partial charge on any atom is -0.398 e. The topological polar surface area (TPSA) is 42.1 Å². The number of rotatable bonds is 3. The zero-order valence-electron chi connectivity index (χ0n) is 9.17. The summed E-state index contributed by atoms with van der Waals surface area (Å²) in [4.78, 5) is 5.08. The summed E-state index contributed by atoms with van der Waals surface area (Å²) in [6.45, 7) is 2.61. The summed E-state index contributed by atoms with van der Waals surface area (Å²) in [7, 11) is 0. The third-order valence-electron chi connectivity index (χ3n) is 2.21. The Balaban J connectivity index is 2.91. The Morgan fingerprint density at radius 1 is 1.44 bits per heavy atom. The standard InChI is InChI=1S/C10H14F3N3/c1-3-16(6-10(11,12)13)9-4-8(14)7(2)5-15-9/h4-5H,3,6H2,1-2H3,(H2,14,15). The lowest BCUT2D eigenvalue weighted by Gasteiger charge is -2.23. The number of anilines is 2. The van der Waals surface area contributed by atoms with Crippen molar-refractivity contribution in [3.63, 3.8) is 0 Å². The predicted molar refractivity (Wildman–Crippen MR) is 57.3 cm³/mol. The molecule has 90 valence electrons. The molecule has 1 aromatic heterocycles. The van der Waals surface area contributed by atoms with Crippen LogP contribution < -0.4 is 10.6 Å². The number of alkyl halides is 3. The maximum atomic E-state index is 12.3. The van der Waals surface area contributed by atoms with E-state index in [0.29, 0.717) is 5.69 Å². The molecule has 0 amide bonds. The zero-order valence-corrected chi connectivity index (χ0v) is 9.17. The Morgan fingerprint density at radius 3 is 2.50 bits per heavy atom. The summed E-state index contributed by atoms with van der Waals surface area (Å²) in [5.41, 5.74) is 6.83. The number of halogens is 3. The van der Waals surface area contributed by atoms with Crippen LogP contribution >= 0.6 is 0 Å². The second-order valence-corrected chi connectivity index (χ2v) is 3.53. The SMILES string of the molecule is CCN(CC(F)(F)F)c1cc(N)c(C)cn1. The molecule has 1 aromatic rings. The fourth-order valence-electron chi connectivity index (χ4n) is 1.27. The third kappa shape index (κ3) is 3.29. The molecule has 0 aromatic carbocycles. The molecular weight excluding hydrogens is 219 g/mol. The predicted octanol–water partition coefficient (Wildman–Crippen LogP) is 2.36. The Labute approximate surface area is 92.1 Å². The van der Waals surface area contributed by atoms with Crippen LogP contribution in [-0.4, -0.2) is 24.2 Å². The molecule has 1 heterocycles. The quantitative estimate of drug-likeness (QED) is 0.871. The van der Waals surface area contributed by atoms with Gasteiger partial charge >= 0.3 is 6.18 Å². The normalized spacial score (nSPS) is 11.6. The summed E-state index contributed by atoms with van der Waals surface area (Å²) in [6, 6.07) is 1.46. The van der Waals surface area contributed by atoms with Gasteiger partial charge < -0.3 is 10.6 Å². The van der Waals surface area contributed by atoms with Crippen LogP contribution in [0.3, 0.4) is 0 Å². The molecule has 0 atom stereocenters. The molecule has 0 radical (unpaired) electrons. The first kappa shape index (κ1) is 12.6. The lowest BCUT2D eigenvalue weighted by Crippen LogP contribution is -2.34. The first-order valence-corrected chi connectivity index (χ1v) is 4.87. The van der Waals surface area contributed by atoms with E-state index in [1.165, 1.54) is 12.3 Å². The number of nitrogens with zero attached hydrogens (tertiary/aromatic N) is 2. The van der Waals surface area contributed by atoms with Crippen LogP contribution in [0.15, 0.2) is 12.3 Å². The number of aryl methyl sites for hydroxylation is 1. The molecule has 0 saturated carbocycles. The van der Waals surface area contributed by atoms with E-state index >= 15 is 0 Å². The van der Waals surface area contributed by atoms with Gasteiger partial charge in [0.2, 0.25) is 0 Å². The van der Waals surface area contributed by atoms with Gasteiger partial charge in [-0.25, -0.2) is 4.98 Å². The lowest BCUT2D eigenvalue weighted by atomic mass is 10.2. The Bertz CT molecular complexity index is 363. The van der Waals surface area contributed by atoms with Crippen LogP contribution in [-0.2, 0) is 0 Å². The van der Waals surface area contributed by atoms with Crippen LogP contribution in [0.4, 0.5) is 24.7 Å². The molecule has 2 N–H and O–H groups in total. The Morgan fingerprint density at radius 2 is 2.06 bits per heavy atom. The molecule has 0 fully saturated rings. The number of pyridine rings is 1. The van der Waals surface area contributed by atoms with E-state index in [2.05, 4.69) is 4.98 Å². The zero-order chi connectivity index (χ0) is 12.3. The van der Waals surface area contributed by atoms with Crippen LogP contribution in [0.2, 0.25) is 0 Å². The summed E-state index contributed by atoms with van der Waals surface area (Å²) in [5, 5.41) is 0. The smallest absolute Gasteiger partial charge is 0.398 e. The molecule has 3 nitrogen and oxygen atoms in total. The molecular formula is C10H14F3N3. The molecule has 0 unspecified atom stereocenters. The van der Waals surface area contributed by atoms with Crippen LogP contribution in [0.5, 0.6) is 0 Å². The van der Waals surface area contributed by atoms with Crippen LogP contribution in [0.1, 0.15) is 12.5 Å². The average Bonchev–Trinajstić information content (AvgIpc) is 2.17. The van der Waals surface area contributed by atoms with Crippen molar-refractivity contribution in [1.29, 1.82) is 0 Å². The van der Waals surface area contributed by atoms with Gasteiger partial charge in [-0.3, -0.25) is 0 Å². The highest BCUT2D eigenvalue weighted by Crippen LogP contribution is 2.22. The van der Waals surface area contributed by atoms with Gasteiger partial charge in [-0.05, 0) is 19.4 Å². The van der Waals surface area contributed by atoms with Gasteiger partial charge in [0.1, 0.15) is 12.4 Å². The van der Waals surface area contributed by atoms with E-state index in [0.717, 1.165) is 10.5 Å². The fourth-order valence-corrected chi connectivity index (χ4v) is 1.27. The number of aromatic nitrogens is 1. The Kier molecular flexibility index (Phi) is 3.62. The number of hydrogen-bond donors (Lipinski definition) is 1. The van der Waals surface area contributed by atoms with E-state index in [-0.39, 0.29) is 12.4 Å². The van der Waals surface area contributed by atoms with Gasteiger partial charge in [0.05, 0.1) is 0 Å². The molecule has 6 heteroatoms. The lowest BCUT2D eigenvalue weighted by molar-refractivity contribution is -0.119. The highest BCUT2D eigenvalue weighted by Gasteiger charge is 2.30. The minimum atomic E-state index is -4.24. The highest BCUT2D eigenvalue weighted by molar-refractivity contribution is 5.54. The van der Waals surface area contributed by atoms with Gasteiger partial charge in [-0.15, -0.1) is 0 Å². The summed E-state index contributed by atoms with van der Waals surface area (Å²) < 4.78 is 36.8. The maximum absolute atomic E-state index is 12.3. The van der Waals surface area contributed by atoms with Crippen molar-refractivity contribution in [1.82, 2.24) is 4.98 Å². The molecule has 1 rings (SSSR count). The average molecular weight is 233 g/mol. The van der Waals surface area contributed by atoms with Gasteiger partial charge in [-0.2, -0.15) is 13.2 Å². The Hall–Kier alpha value is -1.46. The minimum absolute atomic E-state index is 0.231. The molecule has 0 aliphatic carbocycles. The monoisotopic (exact) mass is 233 g/mol. The van der Waals surface area contributed by atoms with Crippen molar-refractivity contribution in [2.24, 2.45) is 0 Å². The molecule has 0 aliphatic rings. The van der Waals surface area contributed by atoms with Crippen molar-refractivity contribution in [2.45, 2.75) is 20.0 Å². The van der Waals surface area contributed by atoms with Crippen molar-refractivity contribution < 1.29 is 13.2 Å². The fraction of sp³-hybridized carbons (Fsp3) is 0.500. The summed E-state index contributed by atoms with van der Waals surface area (Å²) >= 11 is 0. The van der Waals surface area contributed by atoms with E-state index in [1.807, 2.05) is 0 Å².